The normalized spacial score (nSPS) is 13.0. The maximum atomic E-state index is 11.5. The molecule has 126 valence electrons. The van der Waals surface area contributed by atoms with Gasteiger partial charge in [0.1, 0.15) is 12.1 Å². The number of aliphatic carboxylic acids is 2. The average molecular weight is 354 g/mol. The number of nitrogens with two attached hydrogens (primary N) is 2. The van der Waals surface area contributed by atoms with Gasteiger partial charge in [0.15, 0.2) is 0 Å². The molecule has 0 aliphatic heterocycles. The second-order valence-corrected chi connectivity index (χ2v) is 6.51. The molecule has 0 heterocycles. The van der Waals surface area contributed by atoms with E-state index in [4.69, 9.17) is 21.7 Å². The van der Waals surface area contributed by atoms with Crippen molar-refractivity contribution in [1.82, 2.24) is 10.6 Å². The number of nitrogens with one attached hydrogen (secondary N) is 2. The van der Waals surface area contributed by atoms with Crippen LogP contribution in [0.15, 0.2) is 0 Å². The third kappa shape index (κ3) is 9.44. The minimum atomic E-state index is -1.24. The van der Waals surface area contributed by atoms with Crippen LogP contribution >= 0.6 is 21.6 Å². The molecule has 0 aromatic carbocycles. The minimum absolute atomic E-state index is 0.0168. The van der Waals surface area contributed by atoms with E-state index >= 15 is 0 Å². The third-order valence-corrected chi connectivity index (χ3v) is 4.60. The predicted octanol–water partition coefficient (Wildman–Crippen LogP) is -2.58. The Bertz CT molecular complexity index is 422. The van der Waals surface area contributed by atoms with Crippen molar-refractivity contribution in [3.05, 3.63) is 0 Å². The highest BCUT2D eigenvalue weighted by molar-refractivity contribution is 8.76. The van der Waals surface area contributed by atoms with Gasteiger partial charge in [-0.15, -0.1) is 0 Å². The number of carbonyl (C=O) groups is 4. The molecule has 0 saturated carbocycles. The topological polar surface area (TPSA) is 185 Å². The number of carbonyl (C=O) groups excluding carboxylic acids is 2. The van der Waals surface area contributed by atoms with E-state index in [2.05, 4.69) is 10.6 Å². The fraction of sp³-hybridized carbons (Fsp3) is 0.600. The van der Waals surface area contributed by atoms with E-state index in [0.717, 1.165) is 21.6 Å². The largest absolute Gasteiger partial charge is 0.480 e. The molecule has 22 heavy (non-hydrogen) atoms. The van der Waals surface area contributed by atoms with Crippen molar-refractivity contribution in [2.75, 3.05) is 24.6 Å². The summed E-state index contributed by atoms with van der Waals surface area (Å²) in [7, 11) is 2.17. The van der Waals surface area contributed by atoms with E-state index in [1.807, 2.05) is 0 Å². The van der Waals surface area contributed by atoms with Gasteiger partial charge in [-0.3, -0.25) is 14.4 Å². The summed E-state index contributed by atoms with van der Waals surface area (Å²) < 4.78 is 0. The van der Waals surface area contributed by atoms with Crippen LogP contribution in [-0.2, 0) is 19.2 Å². The SMILES string of the molecule is NCC(=O)NCC(=O)N[C@@H](CSSC[C@H](N)C(=O)O)C(=O)O. The van der Waals surface area contributed by atoms with Crippen LogP contribution in [0.3, 0.4) is 0 Å². The zero-order valence-electron chi connectivity index (χ0n) is 11.5. The molecule has 2 atom stereocenters. The number of carboxylic acid groups (broad SMARTS) is 2. The van der Waals surface area contributed by atoms with Crippen molar-refractivity contribution in [3.8, 4) is 0 Å². The van der Waals surface area contributed by atoms with Crippen molar-refractivity contribution in [3.63, 3.8) is 0 Å². The van der Waals surface area contributed by atoms with Crippen LogP contribution in [0, 0.1) is 0 Å². The molecule has 10 nitrogen and oxygen atoms in total. The molecule has 0 fully saturated rings. The van der Waals surface area contributed by atoms with E-state index in [0.29, 0.717) is 0 Å². The summed E-state index contributed by atoms with van der Waals surface area (Å²) in [6.45, 7) is -0.645. The van der Waals surface area contributed by atoms with Crippen molar-refractivity contribution in [2.45, 2.75) is 12.1 Å². The van der Waals surface area contributed by atoms with Gasteiger partial charge in [-0.05, 0) is 0 Å². The zero-order chi connectivity index (χ0) is 17.1. The molecule has 12 heteroatoms. The van der Waals surface area contributed by atoms with E-state index in [1.54, 1.807) is 0 Å². The van der Waals surface area contributed by atoms with Crippen LogP contribution in [0.1, 0.15) is 0 Å². The molecule has 0 spiro atoms. The molecule has 0 aromatic heterocycles. The number of hydrogen-bond acceptors (Lipinski definition) is 8. The van der Waals surface area contributed by atoms with Gasteiger partial charge in [0.05, 0.1) is 13.1 Å². The lowest BCUT2D eigenvalue weighted by molar-refractivity contribution is -0.141. The fourth-order valence-electron chi connectivity index (χ4n) is 0.980. The molecule has 0 saturated heterocycles. The van der Waals surface area contributed by atoms with Crippen LogP contribution < -0.4 is 22.1 Å². The Kier molecular flexibility index (Phi) is 10.4. The first-order valence-corrected chi connectivity index (χ1v) is 8.48. The highest BCUT2D eigenvalue weighted by Crippen LogP contribution is 2.22. The summed E-state index contributed by atoms with van der Waals surface area (Å²) >= 11 is 0. The number of amides is 2. The monoisotopic (exact) mass is 354 g/mol. The lowest BCUT2D eigenvalue weighted by Crippen LogP contribution is -2.47. The lowest BCUT2D eigenvalue weighted by Gasteiger charge is -2.14. The third-order valence-electron chi connectivity index (χ3n) is 2.15. The molecule has 0 unspecified atom stereocenters. The second kappa shape index (κ2) is 11.1. The Morgan fingerprint density at radius 3 is 2.09 bits per heavy atom. The zero-order valence-corrected chi connectivity index (χ0v) is 13.1. The van der Waals surface area contributed by atoms with Crippen LogP contribution in [-0.4, -0.2) is 70.6 Å². The number of rotatable bonds is 11. The van der Waals surface area contributed by atoms with Gasteiger partial charge in [0.2, 0.25) is 11.8 Å². The Balaban J connectivity index is 4.10. The maximum absolute atomic E-state index is 11.5. The van der Waals surface area contributed by atoms with E-state index in [9.17, 15) is 19.2 Å². The molecule has 0 rings (SSSR count). The Morgan fingerprint density at radius 1 is 1.00 bits per heavy atom. The summed E-state index contributed by atoms with van der Waals surface area (Å²) in [6.07, 6.45) is 0. The van der Waals surface area contributed by atoms with Crippen LogP contribution in [0.4, 0.5) is 0 Å². The molecule has 0 bridgehead atoms. The number of carboxylic acids is 2. The first kappa shape index (κ1) is 20.5. The fourth-order valence-corrected chi connectivity index (χ4v) is 3.25. The standard InChI is InChI=1S/C10H18N4O6S2/c11-1-7(15)13-2-8(16)14-6(10(19)20)4-22-21-3-5(12)9(17)18/h5-6H,1-4,11-12H2,(H,13,15)(H,14,16)(H,17,18)(H,19,20)/t5-,6-/m0/s1. The summed E-state index contributed by atoms with van der Waals surface area (Å²) in [5.41, 5.74) is 10.3. The van der Waals surface area contributed by atoms with Crippen molar-refractivity contribution < 1.29 is 29.4 Å². The van der Waals surface area contributed by atoms with E-state index in [1.165, 1.54) is 0 Å². The first-order chi connectivity index (χ1) is 10.3. The average Bonchev–Trinajstić information content (AvgIpc) is 2.46. The smallest absolute Gasteiger partial charge is 0.327 e. The van der Waals surface area contributed by atoms with Crippen molar-refractivity contribution in [2.24, 2.45) is 11.5 Å². The van der Waals surface area contributed by atoms with Crippen LogP contribution in [0.5, 0.6) is 0 Å². The van der Waals surface area contributed by atoms with E-state index < -0.39 is 35.8 Å². The molecular formula is C10H18N4O6S2. The Hall–Kier alpha value is -1.50. The van der Waals surface area contributed by atoms with Gasteiger partial charge in [-0.1, -0.05) is 21.6 Å². The highest BCUT2D eigenvalue weighted by Gasteiger charge is 2.20. The molecule has 8 N–H and O–H groups in total. The van der Waals surface area contributed by atoms with Crippen LogP contribution in [0.2, 0.25) is 0 Å². The Morgan fingerprint density at radius 2 is 1.59 bits per heavy atom. The van der Waals surface area contributed by atoms with Gasteiger partial charge in [0, 0.05) is 11.5 Å². The van der Waals surface area contributed by atoms with Crippen molar-refractivity contribution >= 4 is 45.3 Å². The van der Waals surface area contributed by atoms with Gasteiger partial charge >= 0.3 is 11.9 Å². The summed E-state index contributed by atoms with van der Waals surface area (Å²) in [5.74, 6) is -3.46. The molecule has 0 radical (unpaired) electrons. The predicted molar refractivity (Wildman–Crippen MR) is 82.2 cm³/mol. The molecule has 0 aromatic rings. The van der Waals surface area contributed by atoms with Crippen LogP contribution in [0.25, 0.3) is 0 Å². The number of hydrogen-bond donors (Lipinski definition) is 6. The maximum Gasteiger partial charge on any atom is 0.327 e. The summed E-state index contributed by atoms with van der Waals surface area (Å²) in [5, 5.41) is 22.0. The van der Waals surface area contributed by atoms with Gasteiger partial charge in [-0.25, -0.2) is 4.79 Å². The van der Waals surface area contributed by atoms with Crippen molar-refractivity contribution in [1.29, 1.82) is 0 Å². The quantitative estimate of drug-likeness (QED) is 0.170. The molecule has 0 aliphatic carbocycles. The second-order valence-electron chi connectivity index (χ2n) is 3.95. The van der Waals surface area contributed by atoms with Gasteiger partial charge in [0.25, 0.3) is 0 Å². The molecular weight excluding hydrogens is 336 g/mol. The lowest BCUT2D eigenvalue weighted by atomic mass is 10.3. The van der Waals surface area contributed by atoms with Gasteiger partial charge in [-0.2, -0.15) is 0 Å². The molecule has 2 amide bonds. The summed E-state index contributed by atoms with van der Waals surface area (Å²) in [6, 6.07) is -2.21. The van der Waals surface area contributed by atoms with Gasteiger partial charge < -0.3 is 32.3 Å². The molecule has 0 aliphatic rings. The van der Waals surface area contributed by atoms with E-state index in [-0.39, 0.29) is 24.6 Å². The first-order valence-electron chi connectivity index (χ1n) is 5.99. The summed E-state index contributed by atoms with van der Waals surface area (Å²) in [4.78, 5) is 43.8. The highest BCUT2D eigenvalue weighted by atomic mass is 33.1. The minimum Gasteiger partial charge on any atom is -0.480 e. The Labute approximate surface area is 134 Å².